The summed E-state index contributed by atoms with van der Waals surface area (Å²) < 4.78 is 5.13. The quantitative estimate of drug-likeness (QED) is 0.734. The van der Waals surface area contributed by atoms with Crippen molar-refractivity contribution >= 4 is 5.78 Å². The zero-order chi connectivity index (χ0) is 11.5. The van der Waals surface area contributed by atoms with Gasteiger partial charge in [-0.25, -0.2) is 0 Å². The van der Waals surface area contributed by atoms with Gasteiger partial charge >= 0.3 is 0 Å². The van der Waals surface area contributed by atoms with Gasteiger partial charge in [-0.2, -0.15) is 0 Å². The first kappa shape index (κ1) is 10.7. The van der Waals surface area contributed by atoms with Crippen LogP contribution in [0.5, 0.6) is 0 Å². The Morgan fingerprint density at radius 2 is 2.06 bits per heavy atom. The van der Waals surface area contributed by atoms with E-state index in [1.54, 1.807) is 6.07 Å². The fourth-order valence-electron chi connectivity index (χ4n) is 1.70. The molecule has 1 aromatic heterocycles. The average molecular weight is 214 g/mol. The molecule has 2 heteroatoms. The molecule has 2 rings (SSSR count). The van der Waals surface area contributed by atoms with Gasteiger partial charge in [0.15, 0.2) is 5.78 Å². The number of furan rings is 1. The summed E-state index contributed by atoms with van der Waals surface area (Å²) in [6.07, 6.45) is 1.95. The molecule has 0 aliphatic heterocycles. The number of carbonyl (C=O) groups is 1. The zero-order valence-corrected chi connectivity index (χ0v) is 9.49. The molecule has 0 aliphatic rings. The molecule has 0 saturated heterocycles. The Kier molecular flexibility index (Phi) is 2.91. The third-order valence-electron chi connectivity index (χ3n) is 2.50. The van der Waals surface area contributed by atoms with Crippen molar-refractivity contribution in [3.8, 4) is 0 Å². The predicted octanol–water partition coefficient (Wildman–Crippen LogP) is 3.32. The molecule has 0 saturated carbocycles. The van der Waals surface area contributed by atoms with E-state index < -0.39 is 0 Å². The summed E-state index contributed by atoms with van der Waals surface area (Å²) >= 11 is 0. The van der Waals surface area contributed by atoms with Crippen LogP contribution >= 0.6 is 0 Å². The van der Waals surface area contributed by atoms with E-state index in [4.69, 9.17) is 4.42 Å². The minimum atomic E-state index is 0.0995. The van der Waals surface area contributed by atoms with E-state index >= 15 is 0 Å². The molecule has 0 spiro atoms. The molecular formula is C14H14O2. The van der Waals surface area contributed by atoms with Crippen molar-refractivity contribution in [1.29, 1.82) is 0 Å². The van der Waals surface area contributed by atoms with Crippen LogP contribution in [0.15, 0.2) is 41.0 Å². The summed E-state index contributed by atoms with van der Waals surface area (Å²) in [7, 11) is 0. The number of rotatable bonds is 3. The highest BCUT2D eigenvalue weighted by molar-refractivity contribution is 5.97. The maximum Gasteiger partial charge on any atom is 0.170 e. The molecule has 0 aliphatic carbocycles. The first-order valence-corrected chi connectivity index (χ1v) is 5.29. The molecular weight excluding hydrogens is 200 g/mol. The SMILES string of the molecule is Cc1cccc(CC(=O)c2coc(C)c2)c1. The van der Waals surface area contributed by atoms with Gasteiger partial charge in [0, 0.05) is 6.42 Å². The number of ketones is 1. The van der Waals surface area contributed by atoms with Crippen LogP contribution in [0.4, 0.5) is 0 Å². The van der Waals surface area contributed by atoms with Crippen molar-refractivity contribution in [2.24, 2.45) is 0 Å². The molecule has 2 nitrogen and oxygen atoms in total. The van der Waals surface area contributed by atoms with Crippen LogP contribution in [0.3, 0.4) is 0 Å². The molecule has 1 heterocycles. The van der Waals surface area contributed by atoms with Gasteiger partial charge in [0.05, 0.1) is 5.56 Å². The molecule has 0 atom stereocenters. The van der Waals surface area contributed by atoms with E-state index in [1.807, 2.05) is 38.1 Å². The lowest BCUT2D eigenvalue weighted by Crippen LogP contribution is -2.02. The lowest BCUT2D eigenvalue weighted by molar-refractivity contribution is 0.0992. The highest BCUT2D eigenvalue weighted by atomic mass is 16.3. The second-order valence-corrected chi connectivity index (χ2v) is 4.04. The monoisotopic (exact) mass is 214 g/mol. The van der Waals surface area contributed by atoms with Crippen LogP contribution in [-0.4, -0.2) is 5.78 Å². The van der Waals surface area contributed by atoms with Gasteiger partial charge in [0.1, 0.15) is 12.0 Å². The summed E-state index contributed by atoms with van der Waals surface area (Å²) in [5.74, 6) is 0.870. The molecule has 0 amide bonds. The number of carbonyl (C=O) groups excluding carboxylic acids is 1. The molecule has 0 unspecified atom stereocenters. The molecule has 16 heavy (non-hydrogen) atoms. The molecule has 1 aromatic carbocycles. The maximum absolute atomic E-state index is 11.9. The highest BCUT2D eigenvalue weighted by Crippen LogP contribution is 2.12. The molecule has 82 valence electrons. The van der Waals surface area contributed by atoms with E-state index in [0.29, 0.717) is 12.0 Å². The van der Waals surface area contributed by atoms with Crippen molar-refractivity contribution in [2.45, 2.75) is 20.3 Å². The Morgan fingerprint density at radius 1 is 1.25 bits per heavy atom. The van der Waals surface area contributed by atoms with Crippen molar-refractivity contribution in [2.75, 3.05) is 0 Å². The molecule has 0 radical (unpaired) electrons. The minimum absolute atomic E-state index is 0.0995. The summed E-state index contributed by atoms with van der Waals surface area (Å²) in [5.41, 5.74) is 2.87. The largest absolute Gasteiger partial charge is 0.469 e. The topological polar surface area (TPSA) is 30.2 Å². The molecule has 0 fully saturated rings. The Morgan fingerprint density at radius 3 is 2.69 bits per heavy atom. The van der Waals surface area contributed by atoms with E-state index in [1.165, 1.54) is 11.8 Å². The highest BCUT2D eigenvalue weighted by Gasteiger charge is 2.09. The Labute approximate surface area is 94.9 Å². The minimum Gasteiger partial charge on any atom is -0.469 e. The maximum atomic E-state index is 11.9. The number of hydrogen-bond acceptors (Lipinski definition) is 2. The molecule has 0 bridgehead atoms. The van der Waals surface area contributed by atoms with E-state index in [9.17, 15) is 4.79 Å². The Balaban J connectivity index is 2.13. The molecule has 0 N–H and O–H groups in total. The first-order chi connectivity index (χ1) is 7.65. The summed E-state index contributed by atoms with van der Waals surface area (Å²) in [6.45, 7) is 3.86. The lowest BCUT2D eigenvalue weighted by Gasteiger charge is -2.00. The van der Waals surface area contributed by atoms with Crippen molar-refractivity contribution in [3.05, 3.63) is 59.0 Å². The summed E-state index contributed by atoms with van der Waals surface area (Å²) in [6, 6.07) is 9.77. The fourth-order valence-corrected chi connectivity index (χ4v) is 1.70. The van der Waals surface area contributed by atoms with Crippen LogP contribution in [0.25, 0.3) is 0 Å². The van der Waals surface area contributed by atoms with Crippen LogP contribution in [0.2, 0.25) is 0 Å². The third-order valence-corrected chi connectivity index (χ3v) is 2.50. The van der Waals surface area contributed by atoms with Crippen molar-refractivity contribution in [1.82, 2.24) is 0 Å². The van der Waals surface area contributed by atoms with Crippen LogP contribution < -0.4 is 0 Å². The van der Waals surface area contributed by atoms with Gasteiger partial charge in [-0.3, -0.25) is 4.79 Å². The van der Waals surface area contributed by atoms with Crippen LogP contribution in [0.1, 0.15) is 27.2 Å². The summed E-state index contributed by atoms with van der Waals surface area (Å²) in [4.78, 5) is 11.9. The predicted molar refractivity (Wildman–Crippen MR) is 62.7 cm³/mol. The van der Waals surface area contributed by atoms with Gasteiger partial charge in [0.25, 0.3) is 0 Å². The first-order valence-electron chi connectivity index (χ1n) is 5.29. The van der Waals surface area contributed by atoms with Gasteiger partial charge < -0.3 is 4.42 Å². The van der Waals surface area contributed by atoms with E-state index in [0.717, 1.165) is 11.3 Å². The van der Waals surface area contributed by atoms with E-state index in [2.05, 4.69) is 0 Å². The number of aryl methyl sites for hydroxylation is 2. The van der Waals surface area contributed by atoms with Crippen molar-refractivity contribution < 1.29 is 9.21 Å². The Bertz CT molecular complexity index is 509. The van der Waals surface area contributed by atoms with Crippen LogP contribution in [0, 0.1) is 13.8 Å². The zero-order valence-electron chi connectivity index (χ0n) is 9.49. The van der Waals surface area contributed by atoms with Gasteiger partial charge in [0.2, 0.25) is 0 Å². The second-order valence-electron chi connectivity index (χ2n) is 4.04. The van der Waals surface area contributed by atoms with Crippen molar-refractivity contribution in [3.63, 3.8) is 0 Å². The Hall–Kier alpha value is -1.83. The third kappa shape index (κ3) is 2.40. The molecule has 2 aromatic rings. The second kappa shape index (κ2) is 4.35. The van der Waals surface area contributed by atoms with Gasteiger partial charge in [-0.15, -0.1) is 0 Å². The number of hydrogen-bond donors (Lipinski definition) is 0. The van der Waals surface area contributed by atoms with Crippen LogP contribution in [-0.2, 0) is 6.42 Å². The number of Topliss-reactive ketones (excluding diaryl/α,β-unsaturated/α-hetero) is 1. The van der Waals surface area contributed by atoms with Gasteiger partial charge in [-0.05, 0) is 25.5 Å². The lowest BCUT2D eigenvalue weighted by atomic mass is 10.0. The average Bonchev–Trinajstić information content (AvgIpc) is 2.65. The smallest absolute Gasteiger partial charge is 0.170 e. The van der Waals surface area contributed by atoms with Gasteiger partial charge in [-0.1, -0.05) is 29.8 Å². The standard InChI is InChI=1S/C14H14O2/c1-10-4-3-5-12(6-10)8-14(15)13-7-11(2)16-9-13/h3-7,9H,8H2,1-2H3. The summed E-state index contributed by atoms with van der Waals surface area (Å²) in [5, 5.41) is 0. The fraction of sp³-hybridized carbons (Fsp3) is 0.214. The number of benzene rings is 1. The normalized spacial score (nSPS) is 10.4. The van der Waals surface area contributed by atoms with E-state index in [-0.39, 0.29) is 5.78 Å².